The fraction of sp³-hybridized carbons (Fsp3) is 0.920. The van der Waals surface area contributed by atoms with Crippen molar-refractivity contribution < 1.29 is 9.59 Å². The van der Waals surface area contributed by atoms with Crippen LogP contribution in [0.3, 0.4) is 0 Å². The zero-order valence-electron chi connectivity index (χ0n) is 19.8. The van der Waals surface area contributed by atoms with Crippen LogP contribution in [0.1, 0.15) is 122 Å². The lowest BCUT2D eigenvalue weighted by atomic mass is 10.00. The summed E-state index contributed by atoms with van der Waals surface area (Å²) in [6, 6.07) is -0.251. The van der Waals surface area contributed by atoms with Gasteiger partial charge in [-0.2, -0.15) is 0 Å². The Bertz CT molecular complexity index is 442. The summed E-state index contributed by atoms with van der Waals surface area (Å²) in [5.74, 6) is 0.224. The zero-order chi connectivity index (χ0) is 21.9. The first-order chi connectivity index (χ1) is 14.7. The number of hydrogen-bond acceptors (Lipinski definition) is 3. The van der Waals surface area contributed by atoms with E-state index >= 15 is 0 Å². The summed E-state index contributed by atoms with van der Waals surface area (Å²) in [6.07, 6.45) is 20.5. The van der Waals surface area contributed by atoms with Crippen LogP contribution < -0.4 is 11.1 Å². The van der Waals surface area contributed by atoms with Gasteiger partial charge in [0.1, 0.15) is 6.04 Å². The topological polar surface area (TPSA) is 75.4 Å². The van der Waals surface area contributed by atoms with E-state index in [1.165, 1.54) is 51.4 Å². The molecule has 1 heterocycles. The minimum Gasteiger partial charge on any atom is -0.354 e. The second-order valence-electron chi connectivity index (χ2n) is 9.02. The lowest BCUT2D eigenvalue weighted by molar-refractivity contribution is -0.142. The molecule has 0 aromatic carbocycles. The van der Waals surface area contributed by atoms with Crippen LogP contribution in [-0.4, -0.2) is 42.4 Å². The molecule has 3 N–H and O–H groups in total. The van der Waals surface area contributed by atoms with Gasteiger partial charge in [-0.25, -0.2) is 0 Å². The minimum absolute atomic E-state index is 0.0462. The maximum absolute atomic E-state index is 12.7. The Kier molecular flexibility index (Phi) is 16.7. The van der Waals surface area contributed by atoms with Gasteiger partial charge in [0.15, 0.2) is 0 Å². The molecule has 0 radical (unpaired) electrons. The second kappa shape index (κ2) is 18.7. The van der Waals surface area contributed by atoms with Crippen LogP contribution in [-0.2, 0) is 9.59 Å². The van der Waals surface area contributed by atoms with Crippen LogP contribution in [0, 0.1) is 0 Å². The van der Waals surface area contributed by atoms with Crippen LogP contribution in [0.15, 0.2) is 0 Å². The Labute approximate surface area is 185 Å². The normalized spacial score (nSPS) is 16.6. The van der Waals surface area contributed by atoms with Gasteiger partial charge in [-0.3, -0.25) is 9.59 Å². The van der Waals surface area contributed by atoms with Gasteiger partial charge in [0.25, 0.3) is 0 Å². The van der Waals surface area contributed by atoms with Gasteiger partial charge in [0.05, 0.1) is 0 Å². The average molecular weight is 424 g/mol. The van der Waals surface area contributed by atoms with Gasteiger partial charge in [0, 0.05) is 19.5 Å². The van der Waals surface area contributed by atoms with Crippen LogP contribution in [0.4, 0.5) is 0 Å². The molecule has 1 rings (SSSR count). The first-order valence-corrected chi connectivity index (χ1v) is 13.0. The van der Waals surface area contributed by atoms with E-state index in [4.69, 9.17) is 5.73 Å². The highest BCUT2D eigenvalue weighted by Crippen LogP contribution is 2.20. The number of rotatable bonds is 18. The van der Waals surface area contributed by atoms with Crippen LogP contribution in [0.5, 0.6) is 0 Å². The van der Waals surface area contributed by atoms with E-state index in [0.29, 0.717) is 13.0 Å². The molecule has 1 aliphatic heterocycles. The Morgan fingerprint density at radius 3 is 2.10 bits per heavy atom. The highest BCUT2D eigenvalue weighted by atomic mass is 16.2. The molecule has 1 atom stereocenters. The van der Waals surface area contributed by atoms with Gasteiger partial charge in [0.2, 0.25) is 11.8 Å². The third kappa shape index (κ3) is 12.6. The number of likely N-dealkylation sites (tertiary alicyclic amines) is 1. The van der Waals surface area contributed by atoms with Crippen molar-refractivity contribution in [2.24, 2.45) is 5.73 Å². The standard InChI is InChI=1S/C25H49N3O2/c1-2-3-4-5-6-7-8-9-10-13-19-24(29)28-22-17-14-18-23(28)25(30)27-21-16-12-11-15-20-26/h23H,2-22,26H2,1H3,(H,27,30). The van der Waals surface area contributed by atoms with Crippen molar-refractivity contribution in [2.45, 2.75) is 129 Å². The van der Waals surface area contributed by atoms with Crippen molar-refractivity contribution in [2.75, 3.05) is 19.6 Å². The zero-order valence-corrected chi connectivity index (χ0v) is 19.8. The van der Waals surface area contributed by atoms with Crippen molar-refractivity contribution in [1.82, 2.24) is 10.2 Å². The Morgan fingerprint density at radius 1 is 0.833 bits per heavy atom. The first-order valence-electron chi connectivity index (χ1n) is 13.0. The summed E-state index contributed by atoms with van der Waals surface area (Å²) in [5, 5.41) is 3.06. The summed E-state index contributed by atoms with van der Waals surface area (Å²) in [4.78, 5) is 27.2. The lowest BCUT2D eigenvalue weighted by Gasteiger charge is -2.35. The smallest absolute Gasteiger partial charge is 0.242 e. The molecule has 5 nitrogen and oxygen atoms in total. The minimum atomic E-state index is -0.251. The molecule has 0 aromatic heterocycles. The number of carbonyl (C=O) groups is 2. The lowest BCUT2D eigenvalue weighted by Crippen LogP contribution is -2.52. The Balaban J connectivity index is 2.16. The van der Waals surface area contributed by atoms with Crippen molar-refractivity contribution in [1.29, 1.82) is 0 Å². The predicted octanol–water partition coefficient (Wildman–Crippen LogP) is 5.31. The Hall–Kier alpha value is -1.10. The van der Waals surface area contributed by atoms with Crippen molar-refractivity contribution >= 4 is 11.8 Å². The first kappa shape index (κ1) is 26.9. The van der Waals surface area contributed by atoms with Crippen molar-refractivity contribution in [3.05, 3.63) is 0 Å². The van der Waals surface area contributed by atoms with E-state index < -0.39 is 0 Å². The monoisotopic (exact) mass is 423 g/mol. The molecular formula is C25H49N3O2. The van der Waals surface area contributed by atoms with Gasteiger partial charge < -0.3 is 16.0 Å². The van der Waals surface area contributed by atoms with E-state index in [1.54, 1.807) is 0 Å². The van der Waals surface area contributed by atoms with Crippen LogP contribution in [0.2, 0.25) is 0 Å². The number of hydrogen-bond donors (Lipinski definition) is 2. The number of unbranched alkanes of at least 4 members (excludes halogenated alkanes) is 12. The van der Waals surface area contributed by atoms with E-state index in [9.17, 15) is 9.59 Å². The van der Waals surface area contributed by atoms with Crippen LogP contribution in [0.25, 0.3) is 0 Å². The second-order valence-corrected chi connectivity index (χ2v) is 9.02. The fourth-order valence-corrected chi connectivity index (χ4v) is 4.36. The van der Waals surface area contributed by atoms with Gasteiger partial charge in [-0.05, 0) is 45.1 Å². The molecule has 1 unspecified atom stereocenters. The number of piperidine rings is 1. The molecular weight excluding hydrogens is 374 g/mol. The molecule has 0 aliphatic carbocycles. The van der Waals surface area contributed by atoms with E-state index in [2.05, 4.69) is 12.2 Å². The van der Waals surface area contributed by atoms with Crippen molar-refractivity contribution in [3.63, 3.8) is 0 Å². The molecule has 1 saturated heterocycles. The molecule has 1 aliphatic rings. The predicted molar refractivity (Wildman–Crippen MR) is 126 cm³/mol. The molecule has 5 heteroatoms. The summed E-state index contributed by atoms with van der Waals surface area (Å²) in [6.45, 7) is 4.45. The van der Waals surface area contributed by atoms with E-state index in [1.807, 2.05) is 4.90 Å². The van der Waals surface area contributed by atoms with E-state index in [0.717, 1.165) is 70.9 Å². The van der Waals surface area contributed by atoms with Gasteiger partial charge in [-0.15, -0.1) is 0 Å². The molecule has 0 aromatic rings. The molecule has 0 spiro atoms. The quantitative estimate of drug-likeness (QED) is 0.293. The molecule has 176 valence electrons. The maximum atomic E-state index is 12.7. The summed E-state index contributed by atoms with van der Waals surface area (Å²) >= 11 is 0. The summed E-state index contributed by atoms with van der Waals surface area (Å²) in [5.41, 5.74) is 5.51. The number of nitrogens with zero attached hydrogens (tertiary/aromatic N) is 1. The third-order valence-electron chi connectivity index (χ3n) is 6.30. The SMILES string of the molecule is CCCCCCCCCCCCC(=O)N1CCCCC1C(=O)NCCCCCCN. The Morgan fingerprint density at radius 2 is 1.43 bits per heavy atom. The molecule has 0 saturated carbocycles. The third-order valence-corrected chi connectivity index (χ3v) is 6.30. The number of carbonyl (C=O) groups excluding carboxylic acids is 2. The van der Waals surface area contributed by atoms with E-state index in [-0.39, 0.29) is 17.9 Å². The maximum Gasteiger partial charge on any atom is 0.242 e. The van der Waals surface area contributed by atoms with Gasteiger partial charge >= 0.3 is 0 Å². The highest BCUT2D eigenvalue weighted by Gasteiger charge is 2.31. The average Bonchev–Trinajstić information content (AvgIpc) is 2.77. The number of nitrogens with two attached hydrogens (primary N) is 1. The van der Waals surface area contributed by atoms with Crippen LogP contribution >= 0.6 is 0 Å². The number of amides is 2. The largest absolute Gasteiger partial charge is 0.354 e. The molecule has 2 amide bonds. The highest BCUT2D eigenvalue weighted by molar-refractivity contribution is 5.87. The molecule has 1 fully saturated rings. The molecule has 0 bridgehead atoms. The number of nitrogens with one attached hydrogen (secondary N) is 1. The van der Waals surface area contributed by atoms with Gasteiger partial charge in [-0.1, -0.05) is 77.6 Å². The molecule has 30 heavy (non-hydrogen) atoms. The fourth-order valence-electron chi connectivity index (χ4n) is 4.36. The summed E-state index contributed by atoms with van der Waals surface area (Å²) in [7, 11) is 0. The van der Waals surface area contributed by atoms with Crippen molar-refractivity contribution in [3.8, 4) is 0 Å². The summed E-state index contributed by atoms with van der Waals surface area (Å²) < 4.78 is 0.